The molecule has 0 radical (unpaired) electrons. The number of aliphatic hydroxyl groups excluding tert-OH is 4. The van der Waals surface area contributed by atoms with Crippen LogP contribution in [0.5, 0.6) is 0 Å². The Morgan fingerprint density at radius 3 is 0.853 bits per heavy atom. The molecule has 0 saturated carbocycles. The third kappa shape index (κ3) is 35.3. The van der Waals surface area contributed by atoms with Gasteiger partial charge in [-0.1, -0.05) is 26.3 Å². The van der Waals surface area contributed by atoms with Gasteiger partial charge >= 0.3 is 29.8 Å². The first-order valence-corrected chi connectivity index (χ1v) is 8.50. The predicted molar refractivity (Wildman–Crippen MR) is 118 cm³/mol. The molecule has 0 aromatic carbocycles. The summed E-state index contributed by atoms with van der Waals surface area (Å²) in [7, 11) is 0. The van der Waals surface area contributed by atoms with Crippen molar-refractivity contribution in [1.29, 1.82) is 0 Å². The van der Waals surface area contributed by atoms with Gasteiger partial charge in [0.1, 0.15) is 0 Å². The van der Waals surface area contributed by atoms with Gasteiger partial charge < -0.3 is 46.0 Å². The van der Waals surface area contributed by atoms with Crippen LogP contribution in [0.2, 0.25) is 0 Å². The first kappa shape index (κ1) is 40.3. The summed E-state index contributed by atoms with van der Waals surface area (Å²) in [4.78, 5) is 47.7. The molecule has 0 aliphatic carbocycles. The smallest absolute Gasteiger partial charge is 0.332 e. The molecule has 0 unspecified atom stereocenters. The molecule has 0 atom stereocenters. The van der Waals surface area contributed by atoms with Crippen LogP contribution in [0.3, 0.4) is 0 Å². The molecule has 14 nitrogen and oxygen atoms in total. The lowest BCUT2D eigenvalue weighted by Crippen LogP contribution is -2.23. The molecule has 0 spiro atoms. The highest BCUT2D eigenvalue weighted by Crippen LogP contribution is 2.15. The molecule has 0 heterocycles. The second kappa shape index (κ2) is 28.9. The van der Waals surface area contributed by atoms with Crippen LogP contribution >= 0.6 is 0 Å². The van der Waals surface area contributed by atoms with Crippen LogP contribution in [0, 0.1) is 5.92 Å². The zero-order chi connectivity index (χ0) is 28.3. The van der Waals surface area contributed by atoms with Gasteiger partial charge in [0.25, 0.3) is 0 Å². The zero-order valence-corrected chi connectivity index (χ0v) is 18.1. The van der Waals surface area contributed by atoms with Gasteiger partial charge in [-0.25, -0.2) is 24.0 Å². The van der Waals surface area contributed by atoms with Crippen molar-refractivity contribution in [2.24, 2.45) is 5.92 Å². The van der Waals surface area contributed by atoms with E-state index in [2.05, 4.69) is 26.3 Å². The Labute approximate surface area is 194 Å². The Bertz CT molecular complexity index is 624. The number of carboxylic acids is 5. The highest BCUT2D eigenvalue weighted by atomic mass is 16.4. The maximum atomic E-state index is 10.7. The van der Waals surface area contributed by atoms with Gasteiger partial charge in [-0.15, -0.1) is 0 Å². The summed E-state index contributed by atoms with van der Waals surface area (Å²) in [5.74, 6) is -6.28. The first-order chi connectivity index (χ1) is 15.7. The lowest BCUT2D eigenvalue weighted by atomic mass is 9.96. The van der Waals surface area contributed by atoms with Gasteiger partial charge in [-0.2, -0.15) is 0 Å². The molecule has 0 aliphatic rings. The molecule has 9 N–H and O–H groups in total. The quantitative estimate of drug-likeness (QED) is 0.165. The van der Waals surface area contributed by atoms with E-state index in [1.165, 1.54) is 0 Å². The van der Waals surface area contributed by atoms with E-state index >= 15 is 0 Å². The van der Waals surface area contributed by atoms with Gasteiger partial charge in [0, 0.05) is 35.8 Å². The average Bonchev–Trinajstić information content (AvgIpc) is 2.80. The molecule has 0 saturated heterocycles. The second-order valence-electron chi connectivity index (χ2n) is 4.87. The largest absolute Gasteiger partial charge is 0.478 e. The molecule has 34 heavy (non-hydrogen) atoms. The van der Waals surface area contributed by atoms with Gasteiger partial charge in [0.2, 0.25) is 0 Å². The van der Waals surface area contributed by atoms with Gasteiger partial charge in [-0.05, 0) is 5.57 Å². The average molecular weight is 494 g/mol. The van der Waals surface area contributed by atoms with Crippen LogP contribution in [0.1, 0.15) is 0 Å². The number of rotatable bonds is 10. The van der Waals surface area contributed by atoms with Crippen molar-refractivity contribution < 1.29 is 69.9 Å². The van der Waals surface area contributed by atoms with Crippen molar-refractivity contribution in [2.45, 2.75) is 0 Å². The number of carbonyl (C=O) groups is 5. The Balaban J connectivity index is -0.000000116. The molecule has 0 bridgehead atoms. The third-order valence-corrected chi connectivity index (χ3v) is 2.54. The SMILES string of the molecule is C=CC(=O)O.C=CC(=O)O.C=CC(=O)O.C=CC(=O)O.O=C(O)C(=C(CO)CO)C(CO)CO. The van der Waals surface area contributed by atoms with E-state index in [4.69, 9.17) is 46.0 Å². The molecule has 0 aromatic rings. The molecule has 0 fully saturated rings. The van der Waals surface area contributed by atoms with Crippen LogP contribution in [0.15, 0.2) is 61.8 Å². The molecule has 0 rings (SSSR count). The third-order valence-electron chi connectivity index (χ3n) is 2.54. The second-order valence-corrected chi connectivity index (χ2v) is 4.87. The fourth-order valence-corrected chi connectivity index (χ4v) is 1.08. The van der Waals surface area contributed by atoms with E-state index < -0.39 is 62.2 Å². The summed E-state index contributed by atoms with van der Waals surface area (Å²) in [5.41, 5.74) is -0.439. The molecule has 0 amide bonds. The van der Waals surface area contributed by atoms with Crippen LogP contribution in [0.25, 0.3) is 0 Å². The zero-order valence-electron chi connectivity index (χ0n) is 18.1. The Hall–Kier alpha value is -4.11. The number of hydrogen-bond donors (Lipinski definition) is 9. The standard InChI is InChI=1S/C8H14O6.4C3H4O2/c9-1-5(2-10)7(8(13)14)6(3-11)4-12;4*1-2-3(4)5/h5,9-12H,1-4H2,(H,13,14);4*2H,1H2,(H,4,5). The van der Waals surface area contributed by atoms with Gasteiger partial charge in [0.15, 0.2) is 0 Å². The minimum Gasteiger partial charge on any atom is -0.478 e. The molecular weight excluding hydrogens is 464 g/mol. The van der Waals surface area contributed by atoms with Gasteiger partial charge in [-0.3, -0.25) is 0 Å². The molecular formula is C20H30O14. The number of hydrogen-bond acceptors (Lipinski definition) is 9. The summed E-state index contributed by atoms with van der Waals surface area (Å²) in [6.07, 6.45) is 3.33. The summed E-state index contributed by atoms with van der Waals surface area (Å²) >= 11 is 0. The van der Waals surface area contributed by atoms with Crippen molar-refractivity contribution in [3.05, 3.63) is 61.8 Å². The van der Waals surface area contributed by atoms with Crippen molar-refractivity contribution in [3.63, 3.8) is 0 Å². The highest BCUT2D eigenvalue weighted by Gasteiger charge is 2.22. The van der Waals surface area contributed by atoms with Crippen LogP contribution in [-0.4, -0.2) is 102 Å². The normalized spacial score (nSPS) is 8.03. The summed E-state index contributed by atoms with van der Waals surface area (Å²) in [6, 6.07) is 0. The maximum absolute atomic E-state index is 10.7. The summed E-state index contributed by atoms with van der Waals surface area (Å²) in [5, 5.41) is 74.2. The van der Waals surface area contributed by atoms with Gasteiger partial charge in [0.05, 0.1) is 26.4 Å². The van der Waals surface area contributed by atoms with E-state index in [0.29, 0.717) is 0 Å². The molecule has 0 aliphatic heterocycles. The summed E-state index contributed by atoms with van der Waals surface area (Å²) < 4.78 is 0. The molecule has 14 heteroatoms. The monoisotopic (exact) mass is 494 g/mol. The fourth-order valence-electron chi connectivity index (χ4n) is 1.08. The van der Waals surface area contributed by atoms with E-state index in [0.717, 1.165) is 24.3 Å². The minimum atomic E-state index is -1.36. The van der Waals surface area contributed by atoms with Crippen LogP contribution in [0.4, 0.5) is 0 Å². The lowest BCUT2D eigenvalue weighted by molar-refractivity contribution is -0.134. The van der Waals surface area contributed by atoms with E-state index in [1.807, 2.05) is 0 Å². The van der Waals surface area contributed by atoms with Crippen molar-refractivity contribution in [2.75, 3.05) is 26.4 Å². The van der Waals surface area contributed by atoms with E-state index in [9.17, 15) is 24.0 Å². The summed E-state index contributed by atoms with van der Waals surface area (Å²) in [6.45, 7) is 9.50. The first-order valence-electron chi connectivity index (χ1n) is 8.50. The Kier molecular flexibility index (Phi) is 34.2. The van der Waals surface area contributed by atoms with Crippen molar-refractivity contribution >= 4 is 29.8 Å². The van der Waals surface area contributed by atoms with Crippen molar-refractivity contribution in [3.8, 4) is 0 Å². The minimum absolute atomic E-state index is 0.106. The highest BCUT2D eigenvalue weighted by molar-refractivity contribution is 5.88. The Morgan fingerprint density at radius 2 is 0.765 bits per heavy atom. The number of aliphatic carboxylic acids is 5. The Morgan fingerprint density at radius 1 is 0.559 bits per heavy atom. The van der Waals surface area contributed by atoms with Crippen LogP contribution in [-0.2, 0) is 24.0 Å². The predicted octanol–water partition coefficient (Wildman–Crippen LogP) is -1.02. The molecule has 0 aromatic heterocycles. The number of aliphatic hydroxyl groups is 4. The fraction of sp³-hybridized carbons (Fsp3) is 0.250. The van der Waals surface area contributed by atoms with E-state index in [1.54, 1.807) is 0 Å². The topological polar surface area (TPSA) is 267 Å². The maximum Gasteiger partial charge on any atom is 0.332 e. The molecule has 194 valence electrons. The van der Waals surface area contributed by atoms with E-state index in [-0.39, 0.29) is 11.1 Å². The van der Waals surface area contributed by atoms with Crippen molar-refractivity contribution in [1.82, 2.24) is 0 Å². The number of carboxylic acid groups (broad SMARTS) is 5. The van der Waals surface area contributed by atoms with Crippen LogP contribution < -0.4 is 0 Å². The lowest BCUT2D eigenvalue weighted by Gasteiger charge is -2.15.